The van der Waals surface area contributed by atoms with E-state index in [-0.39, 0.29) is 5.41 Å². The molecule has 0 heterocycles. The first-order valence-electron chi connectivity index (χ1n) is 6.60. The van der Waals surface area contributed by atoms with Gasteiger partial charge in [-0.3, -0.25) is 0 Å². The van der Waals surface area contributed by atoms with Crippen LogP contribution in [0.4, 0.5) is 0 Å². The normalized spacial score (nSPS) is 11.6. The molecular formula is C15H26N2O. The molecule has 1 aromatic carbocycles. The topological polar surface area (TPSA) is 47.3 Å². The van der Waals surface area contributed by atoms with Crippen molar-refractivity contribution in [2.45, 2.75) is 33.1 Å². The fourth-order valence-corrected chi connectivity index (χ4v) is 1.89. The van der Waals surface area contributed by atoms with E-state index < -0.39 is 0 Å². The average Bonchev–Trinajstić information content (AvgIpc) is 2.29. The molecule has 0 spiro atoms. The Balaban J connectivity index is 2.69. The Morgan fingerprint density at radius 2 is 1.94 bits per heavy atom. The summed E-state index contributed by atoms with van der Waals surface area (Å²) in [6.45, 7) is 11.7. The van der Waals surface area contributed by atoms with Crippen molar-refractivity contribution < 1.29 is 4.74 Å². The summed E-state index contributed by atoms with van der Waals surface area (Å²) in [6, 6.07) is 6.34. The smallest absolute Gasteiger partial charge is 0.125 e. The van der Waals surface area contributed by atoms with Gasteiger partial charge in [-0.25, -0.2) is 0 Å². The van der Waals surface area contributed by atoms with Crippen LogP contribution in [0.3, 0.4) is 0 Å². The zero-order chi connectivity index (χ0) is 13.6. The first-order valence-corrected chi connectivity index (χ1v) is 6.60. The first-order chi connectivity index (χ1) is 8.46. The lowest BCUT2D eigenvalue weighted by molar-refractivity contribution is 0.304. The van der Waals surface area contributed by atoms with Crippen LogP contribution in [0.1, 0.15) is 31.9 Å². The van der Waals surface area contributed by atoms with Gasteiger partial charge in [0, 0.05) is 19.6 Å². The number of para-hydroxylation sites is 1. The maximum atomic E-state index is 5.94. The molecule has 0 aromatic heterocycles. The lowest BCUT2D eigenvalue weighted by Crippen LogP contribution is -2.27. The quantitative estimate of drug-likeness (QED) is 0.761. The second-order valence-electron chi connectivity index (χ2n) is 5.59. The van der Waals surface area contributed by atoms with E-state index in [4.69, 9.17) is 10.5 Å². The summed E-state index contributed by atoms with van der Waals surface area (Å²) in [5, 5.41) is 3.23. The van der Waals surface area contributed by atoms with E-state index in [1.54, 1.807) is 0 Å². The number of hydrogen-bond acceptors (Lipinski definition) is 3. The predicted octanol–water partition coefficient (Wildman–Crippen LogP) is 2.22. The van der Waals surface area contributed by atoms with E-state index in [1.165, 1.54) is 11.1 Å². The van der Waals surface area contributed by atoms with Crippen molar-refractivity contribution in [3.8, 4) is 5.75 Å². The number of nitrogens with one attached hydrogen (secondary N) is 1. The zero-order valence-electron chi connectivity index (χ0n) is 12.0. The van der Waals surface area contributed by atoms with Crippen LogP contribution in [0.15, 0.2) is 18.2 Å². The molecular weight excluding hydrogens is 224 g/mol. The third-order valence-electron chi connectivity index (χ3n) is 2.87. The van der Waals surface area contributed by atoms with Gasteiger partial charge in [0.2, 0.25) is 0 Å². The van der Waals surface area contributed by atoms with Gasteiger partial charge in [-0.1, -0.05) is 39.0 Å². The number of aryl methyl sites for hydroxylation is 1. The Hall–Kier alpha value is -1.06. The number of nitrogens with two attached hydrogens (primary N) is 1. The van der Waals surface area contributed by atoms with Crippen LogP contribution < -0.4 is 15.8 Å². The van der Waals surface area contributed by atoms with Crippen molar-refractivity contribution in [2.24, 2.45) is 5.73 Å². The molecule has 18 heavy (non-hydrogen) atoms. The highest BCUT2D eigenvalue weighted by Crippen LogP contribution is 2.33. The summed E-state index contributed by atoms with van der Waals surface area (Å²) in [4.78, 5) is 0. The van der Waals surface area contributed by atoms with Crippen LogP contribution in [-0.4, -0.2) is 26.2 Å². The van der Waals surface area contributed by atoms with Crippen molar-refractivity contribution in [3.63, 3.8) is 0 Å². The molecule has 0 aliphatic heterocycles. The van der Waals surface area contributed by atoms with Crippen LogP contribution in [0.2, 0.25) is 0 Å². The number of ether oxygens (including phenoxy) is 1. The Morgan fingerprint density at radius 1 is 1.22 bits per heavy atom. The zero-order valence-corrected chi connectivity index (χ0v) is 12.0. The van der Waals surface area contributed by atoms with E-state index in [1.807, 2.05) is 0 Å². The van der Waals surface area contributed by atoms with Crippen LogP contribution in [-0.2, 0) is 5.41 Å². The maximum absolute atomic E-state index is 5.94. The summed E-state index contributed by atoms with van der Waals surface area (Å²) in [6.07, 6.45) is 0. The monoisotopic (exact) mass is 250 g/mol. The van der Waals surface area contributed by atoms with Crippen LogP contribution in [0.5, 0.6) is 5.75 Å². The van der Waals surface area contributed by atoms with E-state index in [0.717, 1.165) is 18.8 Å². The van der Waals surface area contributed by atoms with E-state index in [2.05, 4.69) is 51.2 Å². The van der Waals surface area contributed by atoms with Gasteiger partial charge >= 0.3 is 0 Å². The number of benzene rings is 1. The molecule has 0 radical (unpaired) electrons. The van der Waals surface area contributed by atoms with Gasteiger partial charge < -0.3 is 15.8 Å². The summed E-state index contributed by atoms with van der Waals surface area (Å²) < 4.78 is 5.94. The Labute approximate surface area is 111 Å². The Morgan fingerprint density at radius 3 is 2.56 bits per heavy atom. The lowest BCUT2D eigenvalue weighted by Gasteiger charge is -2.24. The van der Waals surface area contributed by atoms with Crippen LogP contribution in [0.25, 0.3) is 0 Å². The largest absolute Gasteiger partial charge is 0.492 e. The molecule has 1 rings (SSSR count). The van der Waals surface area contributed by atoms with Crippen molar-refractivity contribution in [3.05, 3.63) is 29.3 Å². The summed E-state index contributed by atoms with van der Waals surface area (Å²) in [5.74, 6) is 1.03. The van der Waals surface area contributed by atoms with Gasteiger partial charge in [0.25, 0.3) is 0 Å². The molecule has 0 aliphatic carbocycles. The minimum absolute atomic E-state index is 0.103. The molecule has 0 amide bonds. The Bertz CT molecular complexity index is 369. The van der Waals surface area contributed by atoms with Gasteiger partial charge in [0.1, 0.15) is 12.4 Å². The molecule has 3 heteroatoms. The highest BCUT2D eigenvalue weighted by atomic mass is 16.5. The lowest BCUT2D eigenvalue weighted by atomic mass is 9.85. The van der Waals surface area contributed by atoms with Gasteiger partial charge in [-0.05, 0) is 23.5 Å². The highest BCUT2D eigenvalue weighted by Gasteiger charge is 2.19. The van der Waals surface area contributed by atoms with Crippen molar-refractivity contribution in [1.82, 2.24) is 5.32 Å². The van der Waals surface area contributed by atoms with E-state index in [0.29, 0.717) is 13.2 Å². The SMILES string of the molecule is Cc1cccc(C(C)(C)C)c1OCCNCCN. The van der Waals surface area contributed by atoms with Gasteiger partial charge in [0.05, 0.1) is 0 Å². The van der Waals surface area contributed by atoms with Crippen molar-refractivity contribution in [2.75, 3.05) is 26.2 Å². The van der Waals surface area contributed by atoms with Gasteiger partial charge in [-0.2, -0.15) is 0 Å². The molecule has 3 nitrogen and oxygen atoms in total. The predicted molar refractivity (Wildman–Crippen MR) is 77.3 cm³/mol. The molecule has 0 fully saturated rings. The molecule has 0 unspecified atom stereocenters. The van der Waals surface area contributed by atoms with Crippen molar-refractivity contribution in [1.29, 1.82) is 0 Å². The molecule has 0 saturated carbocycles. The molecule has 0 atom stereocenters. The second kappa shape index (κ2) is 6.76. The number of hydrogen-bond donors (Lipinski definition) is 2. The fourth-order valence-electron chi connectivity index (χ4n) is 1.89. The summed E-state index contributed by atoms with van der Waals surface area (Å²) in [5.41, 5.74) is 7.99. The molecule has 0 bridgehead atoms. The van der Waals surface area contributed by atoms with Gasteiger partial charge in [-0.15, -0.1) is 0 Å². The number of rotatable bonds is 6. The van der Waals surface area contributed by atoms with Crippen LogP contribution in [0, 0.1) is 6.92 Å². The molecule has 1 aromatic rings. The molecule has 0 aliphatic rings. The average molecular weight is 250 g/mol. The standard InChI is InChI=1S/C15H26N2O/c1-12-6-5-7-13(15(2,3)4)14(12)18-11-10-17-9-8-16/h5-7,17H,8-11,16H2,1-4H3. The first kappa shape index (κ1) is 15.0. The Kier molecular flexibility index (Phi) is 5.63. The minimum Gasteiger partial charge on any atom is -0.492 e. The summed E-state index contributed by atoms with van der Waals surface area (Å²) in [7, 11) is 0. The van der Waals surface area contributed by atoms with Crippen molar-refractivity contribution >= 4 is 0 Å². The second-order valence-corrected chi connectivity index (χ2v) is 5.59. The highest BCUT2D eigenvalue weighted by molar-refractivity contribution is 5.44. The molecule has 3 N–H and O–H groups in total. The third kappa shape index (κ3) is 4.31. The third-order valence-corrected chi connectivity index (χ3v) is 2.87. The van der Waals surface area contributed by atoms with Crippen LogP contribution >= 0.6 is 0 Å². The molecule has 102 valence electrons. The molecule has 0 saturated heterocycles. The maximum Gasteiger partial charge on any atom is 0.125 e. The van der Waals surface area contributed by atoms with Gasteiger partial charge in [0.15, 0.2) is 0 Å². The summed E-state index contributed by atoms with van der Waals surface area (Å²) >= 11 is 0. The van der Waals surface area contributed by atoms with E-state index >= 15 is 0 Å². The fraction of sp³-hybridized carbons (Fsp3) is 0.600. The van der Waals surface area contributed by atoms with E-state index in [9.17, 15) is 0 Å². The minimum atomic E-state index is 0.103.